The molecular weight excluding hydrogens is 638 g/mol. The molecule has 0 atom stereocenters. The van der Waals surface area contributed by atoms with Crippen molar-refractivity contribution in [1.82, 2.24) is 4.98 Å². The van der Waals surface area contributed by atoms with E-state index in [1.54, 1.807) is 7.11 Å². The number of aryl methyl sites for hydroxylation is 1. The van der Waals surface area contributed by atoms with Crippen molar-refractivity contribution >= 4 is 27.6 Å². The van der Waals surface area contributed by atoms with Crippen molar-refractivity contribution in [2.45, 2.75) is 84.5 Å². The predicted octanol–water partition coefficient (Wildman–Crippen LogP) is 11.6. The van der Waals surface area contributed by atoms with Gasteiger partial charge in [-0.2, -0.15) is 0 Å². The van der Waals surface area contributed by atoms with Crippen LogP contribution in [0.3, 0.4) is 0 Å². The number of hydrogen-bond donors (Lipinski definition) is 0. The van der Waals surface area contributed by atoms with Crippen LogP contribution in [-0.4, -0.2) is 31.3 Å². The van der Waals surface area contributed by atoms with Crippen LogP contribution in [0.4, 0.5) is 0 Å². The summed E-state index contributed by atoms with van der Waals surface area (Å²) >= 11 is 0. The molecule has 268 valence electrons. The van der Waals surface area contributed by atoms with Crippen molar-refractivity contribution in [2.24, 2.45) is 0 Å². The van der Waals surface area contributed by atoms with Gasteiger partial charge in [0.1, 0.15) is 28.7 Å². The monoisotopic (exact) mass is 689 g/mol. The summed E-state index contributed by atoms with van der Waals surface area (Å²) < 4.78 is 29.4. The Morgan fingerprint density at radius 2 is 1.25 bits per heavy atom. The van der Waals surface area contributed by atoms with Gasteiger partial charge in [0.05, 0.1) is 25.8 Å². The summed E-state index contributed by atoms with van der Waals surface area (Å²) in [6, 6.07) is 26.9. The number of carbonyl (C=O) groups excluding carboxylic acids is 1. The van der Waals surface area contributed by atoms with Crippen LogP contribution in [0, 0.1) is 0 Å². The molecule has 0 aliphatic heterocycles. The largest absolute Gasteiger partial charge is 0.497 e. The highest BCUT2D eigenvalue weighted by atomic mass is 16.5. The fourth-order valence-corrected chi connectivity index (χ4v) is 5.89. The lowest BCUT2D eigenvalue weighted by molar-refractivity contribution is -0.134. The lowest BCUT2D eigenvalue weighted by Crippen LogP contribution is -2.09. The molecular formula is C44H51NO6. The zero-order chi connectivity index (χ0) is 35.8. The van der Waals surface area contributed by atoms with E-state index in [1.165, 1.54) is 37.7 Å². The fourth-order valence-electron chi connectivity index (χ4n) is 5.89. The van der Waals surface area contributed by atoms with Gasteiger partial charge in [0.25, 0.3) is 0 Å². The highest BCUT2D eigenvalue weighted by molar-refractivity contribution is 6.08. The molecule has 1 aromatic heterocycles. The average Bonchev–Trinajstić information content (AvgIpc) is 3.14. The summed E-state index contributed by atoms with van der Waals surface area (Å²) in [6.07, 6.45) is 11.1. The maximum atomic E-state index is 13.0. The number of benzene rings is 4. The van der Waals surface area contributed by atoms with Crippen LogP contribution in [-0.2, 0) is 11.2 Å². The number of esters is 1. The van der Waals surface area contributed by atoms with Gasteiger partial charge in [0.15, 0.2) is 0 Å². The van der Waals surface area contributed by atoms with Gasteiger partial charge < -0.3 is 23.7 Å². The molecule has 0 saturated carbocycles. The van der Waals surface area contributed by atoms with Crippen molar-refractivity contribution in [3.05, 3.63) is 103 Å². The number of rotatable bonds is 21. The summed E-state index contributed by atoms with van der Waals surface area (Å²) in [4.78, 5) is 17.8. The highest BCUT2D eigenvalue weighted by Gasteiger charge is 2.15. The maximum Gasteiger partial charge on any atom is 0.311 e. The standard InChI is InChI=1S/C44H51NO6/c1-5-6-7-11-28-49-35-19-21-36(22-20-35)51-44-41-30-38(24-25-39(41)40-26-23-37(47-4)31-42(40)45-44)50-43(46)27-16-33-14-17-34(18-15-33)48-29-12-9-8-10-13-32(2)3/h14-15,17-26,30-31H,2,5-13,16,27-29H2,1,3-4H3. The number of allylic oxidation sites excluding steroid dienone is 1. The first-order chi connectivity index (χ1) is 24.9. The van der Waals surface area contributed by atoms with Gasteiger partial charge in [0, 0.05) is 23.3 Å². The smallest absolute Gasteiger partial charge is 0.311 e. The molecule has 0 spiro atoms. The molecule has 0 radical (unpaired) electrons. The zero-order valence-corrected chi connectivity index (χ0v) is 30.4. The van der Waals surface area contributed by atoms with Crippen molar-refractivity contribution < 1.29 is 28.5 Å². The van der Waals surface area contributed by atoms with Crippen LogP contribution in [0.5, 0.6) is 34.6 Å². The third kappa shape index (κ3) is 11.5. The molecule has 0 fully saturated rings. The van der Waals surface area contributed by atoms with Gasteiger partial charge in [-0.05, 0) is 117 Å². The van der Waals surface area contributed by atoms with E-state index in [0.29, 0.717) is 42.8 Å². The first-order valence-corrected chi connectivity index (χ1v) is 18.3. The normalized spacial score (nSPS) is 11.0. The second kappa shape index (κ2) is 19.4. The first kappa shape index (κ1) is 37.2. The fraction of sp³-hybridized carbons (Fsp3) is 0.364. The van der Waals surface area contributed by atoms with Gasteiger partial charge in [0.2, 0.25) is 5.88 Å². The Bertz CT molecular complexity index is 1870. The molecule has 51 heavy (non-hydrogen) atoms. The van der Waals surface area contributed by atoms with Gasteiger partial charge in [-0.25, -0.2) is 4.98 Å². The number of aromatic nitrogens is 1. The molecule has 7 heteroatoms. The van der Waals surface area contributed by atoms with Crippen molar-refractivity contribution in [2.75, 3.05) is 20.3 Å². The molecule has 1 heterocycles. The SMILES string of the molecule is C=C(C)CCCCCCOc1ccc(CCC(=O)Oc2ccc3c(c2)c(Oc2ccc(OCCCCCC)cc2)nc2cc(OC)ccc23)cc1. The summed E-state index contributed by atoms with van der Waals surface area (Å²) in [5.74, 6) is 3.50. The van der Waals surface area contributed by atoms with Crippen LogP contribution >= 0.6 is 0 Å². The molecule has 0 saturated heterocycles. The summed E-state index contributed by atoms with van der Waals surface area (Å²) in [5.41, 5.74) is 3.03. The Hall–Kier alpha value is -5.04. The predicted molar refractivity (Wildman–Crippen MR) is 206 cm³/mol. The molecule has 0 aliphatic rings. The summed E-state index contributed by atoms with van der Waals surface area (Å²) in [5, 5.41) is 2.60. The number of ether oxygens (including phenoxy) is 5. The minimum atomic E-state index is -0.312. The van der Waals surface area contributed by atoms with Crippen LogP contribution in [0.25, 0.3) is 21.7 Å². The topological polar surface area (TPSA) is 76.1 Å². The number of fused-ring (bicyclic) bond motifs is 3. The van der Waals surface area contributed by atoms with Gasteiger partial charge in [-0.1, -0.05) is 56.7 Å². The number of carbonyl (C=O) groups is 1. The van der Waals surface area contributed by atoms with E-state index in [-0.39, 0.29) is 12.4 Å². The average molecular weight is 690 g/mol. The van der Waals surface area contributed by atoms with E-state index >= 15 is 0 Å². The highest BCUT2D eigenvalue weighted by Crippen LogP contribution is 2.37. The van der Waals surface area contributed by atoms with E-state index < -0.39 is 0 Å². The number of pyridine rings is 1. The molecule has 5 rings (SSSR count). The lowest BCUT2D eigenvalue weighted by Gasteiger charge is -2.13. The minimum absolute atomic E-state index is 0.245. The Morgan fingerprint density at radius 1 is 0.647 bits per heavy atom. The second-order valence-electron chi connectivity index (χ2n) is 13.1. The second-order valence-corrected chi connectivity index (χ2v) is 13.1. The van der Waals surface area contributed by atoms with Crippen molar-refractivity contribution in [3.63, 3.8) is 0 Å². The van der Waals surface area contributed by atoms with E-state index in [0.717, 1.165) is 64.4 Å². The van der Waals surface area contributed by atoms with E-state index in [1.807, 2.05) is 84.9 Å². The summed E-state index contributed by atoms with van der Waals surface area (Å²) in [6.45, 7) is 9.64. The van der Waals surface area contributed by atoms with Crippen LogP contribution in [0.1, 0.15) is 83.6 Å². The number of nitrogens with zero attached hydrogens (tertiary/aromatic N) is 1. The Balaban J connectivity index is 1.21. The third-order valence-corrected chi connectivity index (χ3v) is 8.78. The number of methoxy groups -OCH3 is 1. The lowest BCUT2D eigenvalue weighted by atomic mass is 10.1. The number of hydrogen-bond acceptors (Lipinski definition) is 7. The molecule has 0 amide bonds. The molecule has 0 aliphatic carbocycles. The molecule has 0 bridgehead atoms. The third-order valence-electron chi connectivity index (χ3n) is 8.78. The van der Waals surface area contributed by atoms with Crippen molar-refractivity contribution in [3.8, 4) is 34.6 Å². The van der Waals surface area contributed by atoms with Gasteiger partial charge in [-0.3, -0.25) is 4.79 Å². The van der Waals surface area contributed by atoms with Crippen molar-refractivity contribution in [1.29, 1.82) is 0 Å². The number of unbranched alkanes of at least 4 members (excludes halogenated alkanes) is 6. The first-order valence-electron chi connectivity index (χ1n) is 18.3. The zero-order valence-electron chi connectivity index (χ0n) is 30.4. The quantitative estimate of drug-likeness (QED) is 0.0249. The van der Waals surface area contributed by atoms with E-state index in [2.05, 4.69) is 20.4 Å². The maximum absolute atomic E-state index is 13.0. The molecule has 4 aromatic carbocycles. The Kier molecular flexibility index (Phi) is 14.1. The Labute approximate surface area is 302 Å². The molecule has 0 unspecified atom stereocenters. The molecule has 0 N–H and O–H groups in total. The summed E-state index contributed by atoms with van der Waals surface area (Å²) in [7, 11) is 1.63. The Morgan fingerprint density at radius 3 is 1.94 bits per heavy atom. The van der Waals surface area contributed by atoms with Gasteiger partial charge in [-0.15, -0.1) is 6.58 Å². The van der Waals surface area contributed by atoms with Crippen LogP contribution in [0.2, 0.25) is 0 Å². The molecule has 7 nitrogen and oxygen atoms in total. The minimum Gasteiger partial charge on any atom is -0.497 e. The molecule has 5 aromatic rings. The van der Waals surface area contributed by atoms with Crippen LogP contribution in [0.15, 0.2) is 97.1 Å². The van der Waals surface area contributed by atoms with E-state index in [9.17, 15) is 4.79 Å². The van der Waals surface area contributed by atoms with E-state index in [4.69, 9.17) is 28.7 Å². The van der Waals surface area contributed by atoms with Gasteiger partial charge >= 0.3 is 5.97 Å². The van der Waals surface area contributed by atoms with Crippen LogP contribution < -0.4 is 23.7 Å².